The van der Waals surface area contributed by atoms with Gasteiger partial charge in [-0.2, -0.15) is 0 Å². The molecule has 6 heteroatoms. The van der Waals surface area contributed by atoms with Crippen molar-refractivity contribution < 1.29 is 4.79 Å². The number of anilines is 1. The number of amides is 1. The zero-order chi connectivity index (χ0) is 18.6. The summed E-state index contributed by atoms with van der Waals surface area (Å²) in [7, 11) is 0. The van der Waals surface area contributed by atoms with Crippen LogP contribution in [-0.2, 0) is 4.79 Å². The number of nitrogens with zero attached hydrogens (tertiary/aromatic N) is 3. The number of likely N-dealkylation sites (tertiary alicyclic amines) is 1. The second-order valence-electron chi connectivity index (χ2n) is 7.88. The van der Waals surface area contributed by atoms with Gasteiger partial charge in [0, 0.05) is 40.8 Å². The standard InChI is InChI=1S/C21H30N4OS/c1-16-14-18-19(27-16)7-9-22-20(18)25-13-4-6-17(15-25)21(26)23-8-5-12-24-10-2-3-11-24/h7,9,14,17H,2-6,8,10-13,15H2,1H3,(H,23,26). The number of rotatable bonds is 6. The average Bonchev–Trinajstić information content (AvgIpc) is 3.33. The maximum absolute atomic E-state index is 12.7. The van der Waals surface area contributed by atoms with Gasteiger partial charge in [-0.15, -0.1) is 11.3 Å². The fourth-order valence-corrected chi connectivity index (χ4v) is 5.29. The normalized spacial score (nSPS) is 21.1. The number of pyridine rings is 1. The fraction of sp³-hybridized carbons (Fsp3) is 0.619. The Bertz CT molecular complexity index is 784. The van der Waals surface area contributed by atoms with Crippen LogP contribution in [0.5, 0.6) is 0 Å². The number of carbonyl (C=O) groups is 1. The summed E-state index contributed by atoms with van der Waals surface area (Å²) in [6, 6.07) is 4.31. The molecule has 2 aromatic heterocycles. The van der Waals surface area contributed by atoms with Crippen LogP contribution in [0.25, 0.3) is 10.1 Å². The van der Waals surface area contributed by atoms with Crippen molar-refractivity contribution in [3.8, 4) is 0 Å². The Morgan fingerprint density at radius 2 is 2.15 bits per heavy atom. The van der Waals surface area contributed by atoms with E-state index in [2.05, 4.69) is 39.2 Å². The molecule has 2 fully saturated rings. The monoisotopic (exact) mass is 386 g/mol. The molecule has 0 saturated carbocycles. The van der Waals surface area contributed by atoms with Gasteiger partial charge in [0.05, 0.1) is 5.92 Å². The van der Waals surface area contributed by atoms with E-state index in [1.165, 1.54) is 40.9 Å². The molecule has 4 rings (SSSR count). The van der Waals surface area contributed by atoms with Gasteiger partial charge in [0.1, 0.15) is 5.82 Å². The third-order valence-corrected chi connectivity index (χ3v) is 6.80. The number of hydrogen-bond donors (Lipinski definition) is 1. The van der Waals surface area contributed by atoms with Crippen LogP contribution in [0.1, 0.15) is 37.0 Å². The van der Waals surface area contributed by atoms with Crippen LogP contribution in [0.3, 0.4) is 0 Å². The smallest absolute Gasteiger partial charge is 0.224 e. The van der Waals surface area contributed by atoms with Crippen LogP contribution in [0, 0.1) is 12.8 Å². The lowest BCUT2D eigenvalue weighted by molar-refractivity contribution is -0.125. The summed E-state index contributed by atoms with van der Waals surface area (Å²) in [4.78, 5) is 23.4. The van der Waals surface area contributed by atoms with Crippen molar-refractivity contribution in [2.24, 2.45) is 5.92 Å². The molecule has 5 nitrogen and oxygen atoms in total. The summed E-state index contributed by atoms with van der Waals surface area (Å²) in [5.41, 5.74) is 0. The number of hydrogen-bond acceptors (Lipinski definition) is 5. The van der Waals surface area contributed by atoms with Crippen molar-refractivity contribution in [1.82, 2.24) is 15.2 Å². The van der Waals surface area contributed by atoms with Gasteiger partial charge in [-0.25, -0.2) is 4.98 Å². The van der Waals surface area contributed by atoms with E-state index in [4.69, 9.17) is 0 Å². The molecule has 27 heavy (non-hydrogen) atoms. The molecule has 2 aromatic rings. The van der Waals surface area contributed by atoms with E-state index in [1.54, 1.807) is 0 Å². The minimum atomic E-state index is 0.0716. The first-order chi connectivity index (χ1) is 13.2. The van der Waals surface area contributed by atoms with Crippen LogP contribution in [-0.4, -0.2) is 55.1 Å². The predicted octanol–water partition coefficient (Wildman–Crippen LogP) is 3.42. The van der Waals surface area contributed by atoms with Crippen LogP contribution >= 0.6 is 11.3 Å². The predicted molar refractivity (Wildman–Crippen MR) is 113 cm³/mol. The van der Waals surface area contributed by atoms with Gasteiger partial charge in [-0.3, -0.25) is 4.79 Å². The first kappa shape index (κ1) is 18.7. The quantitative estimate of drug-likeness (QED) is 0.773. The first-order valence-corrected chi connectivity index (χ1v) is 11.1. The van der Waals surface area contributed by atoms with E-state index < -0.39 is 0 Å². The Hall–Kier alpha value is -1.66. The Morgan fingerprint density at radius 3 is 3.00 bits per heavy atom. The molecule has 0 aromatic carbocycles. The maximum Gasteiger partial charge on any atom is 0.224 e. The van der Waals surface area contributed by atoms with E-state index in [0.717, 1.165) is 51.3 Å². The van der Waals surface area contributed by atoms with E-state index in [9.17, 15) is 4.79 Å². The summed E-state index contributed by atoms with van der Waals surface area (Å²) in [5, 5.41) is 4.41. The topological polar surface area (TPSA) is 48.5 Å². The maximum atomic E-state index is 12.7. The van der Waals surface area contributed by atoms with Crippen molar-refractivity contribution in [3.05, 3.63) is 23.2 Å². The summed E-state index contributed by atoms with van der Waals surface area (Å²) < 4.78 is 1.28. The Labute approximate surface area is 165 Å². The molecule has 1 N–H and O–H groups in total. The molecule has 2 aliphatic heterocycles. The van der Waals surface area contributed by atoms with Crippen molar-refractivity contribution >= 4 is 33.1 Å². The lowest BCUT2D eigenvalue weighted by Gasteiger charge is -2.33. The highest BCUT2D eigenvalue weighted by Crippen LogP contribution is 2.33. The zero-order valence-corrected chi connectivity index (χ0v) is 17.1. The number of piperidine rings is 1. The third kappa shape index (κ3) is 4.43. The third-order valence-electron chi connectivity index (χ3n) is 5.79. The van der Waals surface area contributed by atoms with E-state index in [-0.39, 0.29) is 11.8 Å². The molecule has 2 saturated heterocycles. The molecule has 1 atom stereocenters. The van der Waals surface area contributed by atoms with Gasteiger partial charge in [0.15, 0.2) is 0 Å². The van der Waals surface area contributed by atoms with Crippen LogP contribution in [0.4, 0.5) is 5.82 Å². The van der Waals surface area contributed by atoms with Crippen molar-refractivity contribution in [1.29, 1.82) is 0 Å². The number of aromatic nitrogens is 1. The highest BCUT2D eigenvalue weighted by Gasteiger charge is 2.27. The second-order valence-corrected chi connectivity index (χ2v) is 9.17. The van der Waals surface area contributed by atoms with E-state index >= 15 is 0 Å². The average molecular weight is 387 g/mol. The van der Waals surface area contributed by atoms with Crippen molar-refractivity contribution in [2.75, 3.05) is 44.2 Å². The highest BCUT2D eigenvalue weighted by molar-refractivity contribution is 7.19. The number of fused-ring (bicyclic) bond motifs is 1. The molecule has 0 bridgehead atoms. The summed E-state index contributed by atoms with van der Waals surface area (Å²) >= 11 is 1.81. The number of carbonyl (C=O) groups excluding carboxylic acids is 1. The number of thiophene rings is 1. The fourth-order valence-electron chi connectivity index (χ4n) is 4.38. The molecule has 146 valence electrons. The molecule has 4 heterocycles. The Morgan fingerprint density at radius 1 is 1.30 bits per heavy atom. The molecular weight excluding hydrogens is 356 g/mol. The Balaban J connectivity index is 1.32. The van der Waals surface area contributed by atoms with Crippen LogP contribution in [0.15, 0.2) is 18.3 Å². The lowest BCUT2D eigenvalue weighted by atomic mass is 9.97. The SMILES string of the molecule is Cc1cc2c(N3CCCC(C(=O)NCCCN4CCCC4)C3)nccc2s1. The lowest BCUT2D eigenvalue weighted by Crippen LogP contribution is -2.43. The minimum absolute atomic E-state index is 0.0716. The molecule has 0 spiro atoms. The summed E-state index contributed by atoms with van der Waals surface area (Å²) in [6.45, 7) is 8.27. The minimum Gasteiger partial charge on any atom is -0.356 e. The first-order valence-electron chi connectivity index (χ1n) is 10.3. The molecular formula is C21H30N4OS. The number of aryl methyl sites for hydroxylation is 1. The summed E-state index contributed by atoms with van der Waals surface area (Å²) in [6.07, 6.45) is 7.64. The second kappa shape index (κ2) is 8.57. The summed E-state index contributed by atoms with van der Waals surface area (Å²) in [5.74, 6) is 1.33. The van der Waals surface area contributed by atoms with Gasteiger partial charge in [0.2, 0.25) is 5.91 Å². The van der Waals surface area contributed by atoms with Crippen LogP contribution < -0.4 is 10.2 Å². The van der Waals surface area contributed by atoms with Crippen LogP contribution in [0.2, 0.25) is 0 Å². The molecule has 2 aliphatic rings. The van der Waals surface area contributed by atoms with Gasteiger partial charge >= 0.3 is 0 Å². The number of nitrogens with one attached hydrogen (secondary N) is 1. The molecule has 0 radical (unpaired) electrons. The van der Waals surface area contributed by atoms with Gasteiger partial charge in [-0.05, 0) is 70.8 Å². The highest BCUT2D eigenvalue weighted by atomic mass is 32.1. The molecule has 0 aliphatic carbocycles. The van der Waals surface area contributed by atoms with Gasteiger partial charge in [-0.1, -0.05) is 0 Å². The van der Waals surface area contributed by atoms with Gasteiger partial charge < -0.3 is 15.1 Å². The Kier molecular flexibility index (Phi) is 5.93. The molecule has 1 unspecified atom stereocenters. The van der Waals surface area contributed by atoms with Crippen molar-refractivity contribution in [2.45, 2.75) is 39.0 Å². The van der Waals surface area contributed by atoms with E-state index in [1.807, 2.05) is 17.5 Å². The largest absolute Gasteiger partial charge is 0.356 e. The van der Waals surface area contributed by atoms with Gasteiger partial charge in [0.25, 0.3) is 0 Å². The van der Waals surface area contributed by atoms with Crippen molar-refractivity contribution in [3.63, 3.8) is 0 Å². The molecule has 1 amide bonds. The zero-order valence-electron chi connectivity index (χ0n) is 16.2. The van der Waals surface area contributed by atoms with E-state index in [0.29, 0.717) is 0 Å².